The van der Waals surface area contributed by atoms with Gasteiger partial charge in [0.2, 0.25) is 0 Å². The summed E-state index contributed by atoms with van der Waals surface area (Å²) in [7, 11) is 0. The van der Waals surface area contributed by atoms with Crippen molar-refractivity contribution in [3.05, 3.63) is 102 Å². The molecular weight excluding hydrogens is 412 g/mol. The third-order valence-corrected chi connectivity index (χ3v) is 5.59. The van der Waals surface area contributed by atoms with Gasteiger partial charge in [0, 0.05) is 40.2 Å². The quantitative estimate of drug-likeness (QED) is 0.362. The van der Waals surface area contributed by atoms with Gasteiger partial charge in [-0.05, 0) is 41.5 Å². The second-order valence-electron chi connectivity index (χ2n) is 7.66. The lowest BCUT2D eigenvalue weighted by Crippen LogP contribution is -2.36. The Morgan fingerprint density at radius 2 is 1.73 bits per heavy atom. The molecule has 3 aromatic carbocycles. The lowest BCUT2D eigenvalue weighted by Gasteiger charge is -2.20. The minimum absolute atomic E-state index is 0.338. The Hall–Kier alpha value is -4.76. The Labute approximate surface area is 190 Å². The third-order valence-electron chi connectivity index (χ3n) is 5.59. The molecule has 2 N–H and O–H groups in total. The van der Waals surface area contributed by atoms with Gasteiger partial charge >= 0.3 is 0 Å². The average molecular weight is 430 g/mol. The predicted molar refractivity (Wildman–Crippen MR) is 127 cm³/mol. The monoisotopic (exact) mass is 430 g/mol. The van der Waals surface area contributed by atoms with Gasteiger partial charge in [0.1, 0.15) is 0 Å². The van der Waals surface area contributed by atoms with Crippen LogP contribution >= 0.6 is 0 Å². The number of aromatic nitrogens is 1. The van der Waals surface area contributed by atoms with E-state index in [4.69, 9.17) is 5.26 Å². The number of nitriles is 1. The predicted octanol–water partition coefficient (Wildman–Crippen LogP) is 4.69. The van der Waals surface area contributed by atoms with Crippen LogP contribution in [-0.2, 0) is 11.2 Å². The summed E-state index contributed by atoms with van der Waals surface area (Å²) in [6, 6.07) is 24.8. The van der Waals surface area contributed by atoms with Crippen LogP contribution < -0.4 is 10.6 Å². The van der Waals surface area contributed by atoms with Crippen LogP contribution in [0.5, 0.6) is 0 Å². The summed E-state index contributed by atoms with van der Waals surface area (Å²) in [6.07, 6.45) is 3.69. The van der Waals surface area contributed by atoms with Crippen molar-refractivity contribution in [2.75, 3.05) is 5.32 Å². The van der Waals surface area contributed by atoms with Crippen LogP contribution in [0.15, 0.2) is 85.2 Å². The first-order chi connectivity index (χ1) is 16.1. The van der Waals surface area contributed by atoms with Gasteiger partial charge in [-0.3, -0.25) is 19.9 Å². The standard InChI is InChI=1S/C27H18N4O2/c28-13-12-17-6-9-20(10-7-17)30-16-24-23-15-19(8-11-22(23)26(32)31-27(24)33)21-5-1-3-18-4-2-14-29-25(18)21/h1-11,14-16,30H,12H2,(H,31,32,33). The van der Waals surface area contributed by atoms with Crippen molar-refractivity contribution in [1.29, 1.82) is 5.26 Å². The number of pyridine rings is 1. The fourth-order valence-electron chi connectivity index (χ4n) is 3.94. The van der Waals surface area contributed by atoms with E-state index in [2.05, 4.69) is 21.7 Å². The second-order valence-corrected chi connectivity index (χ2v) is 7.66. The molecule has 33 heavy (non-hydrogen) atoms. The van der Waals surface area contributed by atoms with E-state index in [0.717, 1.165) is 33.3 Å². The van der Waals surface area contributed by atoms with E-state index < -0.39 is 11.8 Å². The molecule has 1 aromatic heterocycles. The van der Waals surface area contributed by atoms with Crippen LogP contribution in [-0.4, -0.2) is 16.8 Å². The highest BCUT2D eigenvalue weighted by molar-refractivity contribution is 6.31. The molecule has 0 saturated carbocycles. The maximum atomic E-state index is 12.7. The first-order valence-electron chi connectivity index (χ1n) is 10.4. The normalized spacial score (nSPS) is 14.0. The van der Waals surface area contributed by atoms with Gasteiger partial charge in [0.05, 0.1) is 23.6 Å². The molecule has 0 unspecified atom stereocenters. The highest BCUT2D eigenvalue weighted by Gasteiger charge is 2.27. The summed E-state index contributed by atoms with van der Waals surface area (Å²) in [4.78, 5) is 29.7. The molecule has 0 saturated heterocycles. The van der Waals surface area contributed by atoms with Gasteiger partial charge in [0.25, 0.3) is 11.8 Å². The van der Waals surface area contributed by atoms with Crippen LogP contribution in [0, 0.1) is 11.3 Å². The number of para-hydroxylation sites is 1. The summed E-state index contributed by atoms with van der Waals surface area (Å²) >= 11 is 0. The fourth-order valence-corrected chi connectivity index (χ4v) is 3.94. The molecule has 5 rings (SSSR count). The van der Waals surface area contributed by atoms with Gasteiger partial charge < -0.3 is 5.32 Å². The SMILES string of the molecule is N#CCc1ccc(NC=C2C(=O)NC(=O)c3ccc(-c4cccc5cccnc45)cc32)cc1. The van der Waals surface area contributed by atoms with E-state index in [9.17, 15) is 9.59 Å². The van der Waals surface area contributed by atoms with Crippen molar-refractivity contribution >= 4 is 34.0 Å². The van der Waals surface area contributed by atoms with Crippen LogP contribution in [0.4, 0.5) is 5.69 Å². The molecule has 0 fully saturated rings. The Balaban J connectivity index is 1.56. The summed E-state index contributed by atoms with van der Waals surface area (Å²) in [6.45, 7) is 0. The minimum Gasteiger partial charge on any atom is -0.361 e. The molecule has 0 aliphatic carbocycles. The molecule has 2 amide bonds. The van der Waals surface area contributed by atoms with E-state index in [1.807, 2.05) is 66.7 Å². The van der Waals surface area contributed by atoms with E-state index in [1.165, 1.54) is 0 Å². The Kier molecular flexibility index (Phi) is 5.13. The number of carbonyl (C=O) groups is 2. The van der Waals surface area contributed by atoms with Crippen molar-refractivity contribution in [3.63, 3.8) is 0 Å². The fraction of sp³-hybridized carbons (Fsp3) is 0.0370. The van der Waals surface area contributed by atoms with Crippen LogP contribution in [0.25, 0.3) is 27.6 Å². The topological polar surface area (TPSA) is 94.9 Å². The molecule has 0 radical (unpaired) electrons. The Morgan fingerprint density at radius 1 is 0.909 bits per heavy atom. The number of carbonyl (C=O) groups excluding carboxylic acids is 2. The van der Waals surface area contributed by atoms with Gasteiger partial charge in [-0.1, -0.05) is 42.5 Å². The summed E-state index contributed by atoms with van der Waals surface area (Å²) in [5.41, 5.74) is 5.68. The number of nitrogens with zero attached hydrogens (tertiary/aromatic N) is 2. The number of rotatable bonds is 4. The van der Waals surface area contributed by atoms with Gasteiger partial charge in [0.15, 0.2) is 0 Å². The molecule has 0 bridgehead atoms. The molecule has 6 heteroatoms. The summed E-state index contributed by atoms with van der Waals surface area (Å²) in [5, 5.41) is 15.4. The van der Waals surface area contributed by atoms with Crippen LogP contribution in [0.2, 0.25) is 0 Å². The Morgan fingerprint density at radius 3 is 2.55 bits per heavy atom. The highest BCUT2D eigenvalue weighted by atomic mass is 16.2. The van der Waals surface area contributed by atoms with E-state index in [-0.39, 0.29) is 0 Å². The lowest BCUT2D eigenvalue weighted by atomic mass is 9.91. The number of hydrogen-bond donors (Lipinski definition) is 2. The zero-order chi connectivity index (χ0) is 22.8. The first kappa shape index (κ1) is 20.2. The molecule has 1 aliphatic heterocycles. The lowest BCUT2D eigenvalue weighted by molar-refractivity contribution is -0.114. The van der Waals surface area contributed by atoms with Gasteiger partial charge in [-0.15, -0.1) is 0 Å². The van der Waals surface area contributed by atoms with Gasteiger partial charge in [-0.25, -0.2) is 0 Å². The molecule has 0 spiro atoms. The molecule has 1 aliphatic rings. The largest absolute Gasteiger partial charge is 0.361 e. The van der Waals surface area contributed by atoms with Crippen LogP contribution in [0.3, 0.4) is 0 Å². The summed E-state index contributed by atoms with van der Waals surface area (Å²) < 4.78 is 0. The van der Waals surface area contributed by atoms with Crippen LogP contribution in [0.1, 0.15) is 21.5 Å². The van der Waals surface area contributed by atoms with Crippen molar-refractivity contribution in [1.82, 2.24) is 10.3 Å². The number of amides is 2. The molecule has 6 nitrogen and oxygen atoms in total. The first-order valence-corrected chi connectivity index (χ1v) is 10.4. The molecule has 2 heterocycles. The number of nitrogens with one attached hydrogen (secondary N) is 2. The zero-order valence-electron chi connectivity index (χ0n) is 17.5. The second kappa shape index (κ2) is 8.40. The van der Waals surface area contributed by atoms with E-state index in [1.54, 1.807) is 18.5 Å². The van der Waals surface area contributed by atoms with E-state index in [0.29, 0.717) is 23.1 Å². The average Bonchev–Trinajstić information content (AvgIpc) is 2.84. The molecular formula is C27H18N4O2. The zero-order valence-corrected chi connectivity index (χ0v) is 17.5. The number of imide groups is 1. The van der Waals surface area contributed by atoms with Crippen molar-refractivity contribution in [2.24, 2.45) is 0 Å². The Bertz CT molecular complexity index is 1480. The number of benzene rings is 3. The van der Waals surface area contributed by atoms with Crippen molar-refractivity contribution in [2.45, 2.75) is 6.42 Å². The molecule has 4 aromatic rings. The minimum atomic E-state index is -0.464. The molecule has 158 valence electrons. The van der Waals surface area contributed by atoms with E-state index >= 15 is 0 Å². The number of hydrogen-bond acceptors (Lipinski definition) is 5. The smallest absolute Gasteiger partial charge is 0.260 e. The van der Waals surface area contributed by atoms with Crippen molar-refractivity contribution in [3.8, 4) is 17.2 Å². The third kappa shape index (κ3) is 3.84. The highest BCUT2D eigenvalue weighted by Crippen LogP contribution is 2.32. The number of anilines is 1. The van der Waals surface area contributed by atoms with Gasteiger partial charge in [-0.2, -0.15) is 5.26 Å². The van der Waals surface area contributed by atoms with Crippen molar-refractivity contribution < 1.29 is 9.59 Å². The summed E-state index contributed by atoms with van der Waals surface area (Å²) in [5.74, 6) is -0.884. The maximum absolute atomic E-state index is 12.7. The molecule has 0 atom stereocenters. The number of fused-ring (bicyclic) bond motifs is 2. The maximum Gasteiger partial charge on any atom is 0.260 e.